The van der Waals surface area contributed by atoms with Gasteiger partial charge >= 0.3 is 0 Å². The monoisotopic (exact) mass is 358 g/mol. The highest BCUT2D eigenvalue weighted by atomic mass is 32.1. The topological polar surface area (TPSA) is 58.6 Å². The van der Waals surface area contributed by atoms with Gasteiger partial charge in [0.2, 0.25) is 5.91 Å². The molecule has 0 atom stereocenters. The Morgan fingerprint density at radius 3 is 2.52 bits per heavy atom. The second-order valence-electron chi connectivity index (χ2n) is 6.23. The Morgan fingerprint density at radius 2 is 1.84 bits per heavy atom. The maximum absolute atomic E-state index is 12.8. The van der Waals surface area contributed by atoms with Crippen LogP contribution in [0.15, 0.2) is 30.3 Å². The fraction of sp³-hybridized carbons (Fsp3) is 0.368. The van der Waals surface area contributed by atoms with Crippen molar-refractivity contribution in [3.63, 3.8) is 0 Å². The van der Waals surface area contributed by atoms with Crippen molar-refractivity contribution in [2.24, 2.45) is 0 Å². The lowest BCUT2D eigenvalue weighted by molar-refractivity contribution is -0.118. The molecule has 1 amide bonds. The quantitative estimate of drug-likeness (QED) is 0.835. The van der Waals surface area contributed by atoms with Crippen LogP contribution in [0.5, 0.6) is 0 Å². The fourth-order valence-electron chi connectivity index (χ4n) is 2.76. The molecule has 1 fully saturated rings. The van der Waals surface area contributed by atoms with E-state index in [1.54, 1.807) is 0 Å². The van der Waals surface area contributed by atoms with Crippen molar-refractivity contribution in [2.45, 2.75) is 13.8 Å². The number of thiophene rings is 1. The highest BCUT2D eigenvalue weighted by molar-refractivity contribution is 7.16. The Labute approximate surface area is 151 Å². The van der Waals surface area contributed by atoms with Gasteiger partial charge in [-0.25, -0.2) is 0 Å². The zero-order chi connectivity index (χ0) is 17.8. The lowest BCUT2D eigenvalue weighted by Gasteiger charge is -2.25. The summed E-state index contributed by atoms with van der Waals surface area (Å²) in [6.07, 6.45) is 0. The first-order chi connectivity index (χ1) is 12.0. The zero-order valence-electron chi connectivity index (χ0n) is 14.5. The molecule has 3 rings (SSSR count). The Hall–Kier alpha value is -2.02. The van der Waals surface area contributed by atoms with Gasteiger partial charge in [-0.1, -0.05) is 29.8 Å². The molecular formula is C19H22N2O3S. The minimum Gasteiger partial charge on any atom is -0.379 e. The zero-order valence-corrected chi connectivity index (χ0v) is 15.3. The van der Waals surface area contributed by atoms with Gasteiger partial charge in [0.25, 0.3) is 0 Å². The lowest BCUT2D eigenvalue weighted by atomic mass is 10.0. The molecule has 2 heterocycles. The average molecular weight is 358 g/mol. The highest BCUT2D eigenvalue weighted by Gasteiger charge is 2.20. The molecular weight excluding hydrogens is 336 g/mol. The second kappa shape index (κ2) is 7.91. The first-order valence-electron chi connectivity index (χ1n) is 8.34. The van der Waals surface area contributed by atoms with Gasteiger partial charge in [-0.2, -0.15) is 0 Å². The minimum atomic E-state index is -0.0956. The predicted molar refractivity (Wildman–Crippen MR) is 99.6 cm³/mol. The number of hydrogen-bond acceptors (Lipinski definition) is 5. The number of amides is 1. The number of hydrogen-bond donors (Lipinski definition) is 1. The number of ketones is 1. The molecule has 1 aromatic carbocycles. The molecule has 132 valence electrons. The van der Waals surface area contributed by atoms with Crippen LogP contribution in [0.4, 0.5) is 5.00 Å². The van der Waals surface area contributed by atoms with Gasteiger partial charge in [-0.05, 0) is 19.9 Å². The van der Waals surface area contributed by atoms with E-state index in [1.807, 2.05) is 44.2 Å². The molecule has 1 aliphatic heterocycles. The molecule has 1 aliphatic rings. The van der Waals surface area contributed by atoms with Gasteiger partial charge in [0.1, 0.15) is 5.00 Å². The van der Waals surface area contributed by atoms with Gasteiger partial charge in [0, 0.05) is 23.5 Å². The van der Waals surface area contributed by atoms with Crippen LogP contribution >= 0.6 is 11.3 Å². The summed E-state index contributed by atoms with van der Waals surface area (Å²) in [7, 11) is 0. The third-order valence-electron chi connectivity index (χ3n) is 4.14. The number of morpholine rings is 1. The SMILES string of the molecule is Cc1ccc(C(=O)c2cc(C)sc2NC(=O)CN2CCOCC2)cc1. The smallest absolute Gasteiger partial charge is 0.239 e. The van der Waals surface area contributed by atoms with Crippen LogP contribution in [0.2, 0.25) is 0 Å². The number of anilines is 1. The van der Waals surface area contributed by atoms with E-state index < -0.39 is 0 Å². The Bertz CT molecular complexity index is 761. The molecule has 5 nitrogen and oxygen atoms in total. The summed E-state index contributed by atoms with van der Waals surface area (Å²) >= 11 is 1.43. The van der Waals surface area contributed by atoms with Crippen LogP contribution in [0.25, 0.3) is 0 Å². The van der Waals surface area contributed by atoms with Crippen molar-refractivity contribution in [3.8, 4) is 0 Å². The molecule has 1 aromatic heterocycles. The van der Waals surface area contributed by atoms with E-state index in [4.69, 9.17) is 4.74 Å². The standard InChI is InChI=1S/C19H22N2O3S/c1-13-3-5-15(6-4-13)18(23)16-11-14(2)25-19(16)20-17(22)12-21-7-9-24-10-8-21/h3-6,11H,7-10,12H2,1-2H3,(H,20,22). The molecule has 0 radical (unpaired) electrons. The molecule has 0 aliphatic carbocycles. The molecule has 0 saturated carbocycles. The number of carbonyl (C=O) groups excluding carboxylic acids is 2. The maximum atomic E-state index is 12.8. The van der Waals surface area contributed by atoms with E-state index >= 15 is 0 Å². The summed E-state index contributed by atoms with van der Waals surface area (Å²) in [5.74, 6) is -0.160. The number of rotatable bonds is 5. The number of nitrogens with one attached hydrogen (secondary N) is 1. The summed E-state index contributed by atoms with van der Waals surface area (Å²) in [4.78, 5) is 28.2. The van der Waals surface area contributed by atoms with E-state index in [2.05, 4.69) is 10.2 Å². The molecule has 1 N–H and O–H groups in total. The van der Waals surface area contributed by atoms with Crippen LogP contribution in [0, 0.1) is 13.8 Å². The molecule has 0 unspecified atom stereocenters. The normalized spacial score (nSPS) is 15.1. The van der Waals surface area contributed by atoms with E-state index in [9.17, 15) is 9.59 Å². The van der Waals surface area contributed by atoms with Crippen LogP contribution in [-0.2, 0) is 9.53 Å². The third kappa shape index (κ3) is 4.54. The summed E-state index contributed by atoms with van der Waals surface area (Å²) in [6, 6.07) is 9.33. The largest absolute Gasteiger partial charge is 0.379 e. The maximum Gasteiger partial charge on any atom is 0.239 e. The van der Waals surface area contributed by atoms with Crippen molar-refractivity contribution in [1.29, 1.82) is 0 Å². The Kier molecular flexibility index (Phi) is 5.63. The van der Waals surface area contributed by atoms with Crippen molar-refractivity contribution in [3.05, 3.63) is 51.9 Å². The number of carbonyl (C=O) groups is 2. The molecule has 2 aromatic rings. The van der Waals surface area contributed by atoms with Gasteiger partial charge in [-0.3, -0.25) is 14.5 Å². The Balaban J connectivity index is 1.72. The summed E-state index contributed by atoms with van der Waals surface area (Å²) in [6.45, 7) is 7.07. The van der Waals surface area contributed by atoms with Gasteiger partial charge in [0.15, 0.2) is 5.78 Å². The number of ether oxygens (including phenoxy) is 1. The second-order valence-corrected chi connectivity index (χ2v) is 7.49. The van der Waals surface area contributed by atoms with E-state index in [-0.39, 0.29) is 11.7 Å². The highest BCUT2D eigenvalue weighted by Crippen LogP contribution is 2.29. The van der Waals surface area contributed by atoms with E-state index in [0.29, 0.717) is 35.9 Å². The number of benzene rings is 1. The molecule has 6 heteroatoms. The first-order valence-corrected chi connectivity index (χ1v) is 9.16. The van der Waals surface area contributed by atoms with Crippen LogP contribution in [0.3, 0.4) is 0 Å². The third-order valence-corrected chi connectivity index (χ3v) is 5.10. The summed E-state index contributed by atoms with van der Waals surface area (Å²) in [5.41, 5.74) is 2.30. The fourth-order valence-corrected chi connectivity index (χ4v) is 3.69. The average Bonchev–Trinajstić information content (AvgIpc) is 2.96. The first kappa shape index (κ1) is 17.8. The lowest BCUT2D eigenvalue weighted by Crippen LogP contribution is -2.41. The van der Waals surface area contributed by atoms with E-state index in [1.165, 1.54) is 11.3 Å². The van der Waals surface area contributed by atoms with Crippen molar-refractivity contribution >= 4 is 28.0 Å². The van der Waals surface area contributed by atoms with Gasteiger partial charge < -0.3 is 10.1 Å². The van der Waals surface area contributed by atoms with Crippen LogP contribution in [-0.4, -0.2) is 49.4 Å². The Morgan fingerprint density at radius 1 is 1.16 bits per heavy atom. The van der Waals surface area contributed by atoms with Crippen molar-refractivity contribution in [1.82, 2.24) is 4.90 Å². The molecule has 0 bridgehead atoms. The van der Waals surface area contributed by atoms with E-state index in [0.717, 1.165) is 23.5 Å². The van der Waals surface area contributed by atoms with Crippen LogP contribution in [0.1, 0.15) is 26.4 Å². The predicted octanol–water partition coefficient (Wildman–Crippen LogP) is 2.87. The summed E-state index contributed by atoms with van der Waals surface area (Å²) < 4.78 is 5.29. The number of nitrogens with zero attached hydrogens (tertiary/aromatic N) is 1. The molecule has 0 spiro atoms. The van der Waals surface area contributed by atoms with Gasteiger partial charge in [-0.15, -0.1) is 11.3 Å². The molecule has 25 heavy (non-hydrogen) atoms. The van der Waals surface area contributed by atoms with Crippen LogP contribution < -0.4 is 5.32 Å². The van der Waals surface area contributed by atoms with Gasteiger partial charge in [0.05, 0.1) is 25.3 Å². The van der Waals surface area contributed by atoms with Crippen molar-refractivity contribution < 1.29 is 14.3 Å². The number of aryl methyl sites for hydroxylation is 2. The molecule has 1 saturated heterocycles. The summed E-state index contributed by atoms with van der Waals surface area (Å²) in [5, 5.41) is 3.54. The minimum absolute atomic E-state index is 0.0639. The van der Waals surface area contributed by atoms with Crippen molar-refractivity contribution in [2.75, 3.05) is 38.2 Å².